The molecule has 0 amide bonds. The highest BCUT2D eigenvalue weighted by molar-refractivity contribution is 7.89. The lowest BCUT2D eigenvalue weighted by Crippen LogP contribution is -2.13. The summed E-state index contributed by atoms with van der Waals surface area (Å²) in [5.41, 5.74) is 5.35. The molecule has 0 unspecified atom stereocenters. The number of aromatic nitrogens is 2. The number of pyridine rings is 2. The molecule has 0 atom stereocenters. The number of nitrogens with zero attached hydrogens (tertiary/aromatic N) is 2. The Morgan fingerprint density at radius 3 is 2.32 bits per heavy atom. The van der Waals surface area contributed by atoms with Gasteiger partial charge in [0, 0.05) is 57.7 Å². The quantitative estimate of drug-likeness (QED) is 0.580. The van der Waals surface area contributed by atoms with Crippen molar-refractivity contribution in [3.05, 3.63) is 71.3 Å². The summed E-state index contributed by atoms with van der Waals surface area (Å²) < 4.78 is 23.0. The summed E-state index contributed by atoms with van der Waals surface area (Å²) in [5, 5.41) is 0.505. The first-order valence-corrected chi connectivity index (χ1v) is 11.4. The van der Waals surface area contributed by atoms with Gasteiger partial charge in [0.05, 0.1) is 5.75 Å². The summed E-state index contributed by atoms with van der Waals surface area (Å²) in [6, 6.07) is 11.4. The van der Waals surface area contributed by atoms with Crippen LogP contribution in [0.5, 0.6) is 0 Å². The van der Waals surface area contributed by atoms with Crippen molar-refractivity contribution in [2.45, 2.75) is 31.9 Å². The second kappa shape index (κ2) is 7.64. The molecule has 3 aromatic rings. The van der Waals surface area contributed by atoms with Gasteiger partial charge < -0.3 is 0 Å². The van der Waals surface area contributed by atoms with Gasteiger partial charge in [-0.3, -0.25) is 9.97 Å². The molecule has 0 saturated heterocycles. The smallest absolute Gasteiger partial charge is 0.151 e. The molecule has 4 nitrogen and oxygen atoms in total. The van der Waals surface area contributed by atoms with Crippen molar-refractivity contribution in [3.8, 4) is 22.3 Å². The summed E-state index contributed by atoms with van der Waals surface area (Å²) >= 11 is 6.44. The maximum Gasteiger partial charge on any atom is 0.151 e. The van der Waals surface area contributed by atoms with Gasteiger partial charge in [-0.15, -0.1) is 0 Å². The van der Waals surface area contributed by atoms with Gasteiger partial charge in [-0.25, -0.2) is 8.42 Å². The Labute approximate surface area is 171 Å². The van der Waals surface area contributed by atoms with Crippen molar-refractivity contribution in [2.75, 3.05) is 6.26 Å². The summed E-state index contributed by atoms with van der Waals surface area (Å²) in [4.78, 5) is 8.86. The third-order valence-electron chi connectivity index (χ3n) is 4.37. The van der Waals surface area contributed by atoms with Crippen LogP contribution in [0.15, 0.2) is 55.0 Å². The van der Waals surface area contributed by atoms with E-state index in [1.54, 1.807) is 18.3 Å². The highest BCUT2D eigenvalue weighted by Gasteiger charge is 2.16. The van der Waals surface area contributed by atoms with E-state index in [9.17, 15) is 8.42 Å². The third kappa shape index (κ3) is 4.97. The van der Waals surface area contributed by atoms with E-state index in [4.69, 9.17) is 11.6 Å². The van der Waals surface area contributed by atoms with Crippen molar-refractivity contribution in [3.63, 3.8) is 0 Å². The van der Waals surface area contributed by atoms with Crippen molar-refractivity contribution >= 4 is 21.4 Å². The monoisotopic (exact) mass is 414 g/mol. The minimum atomic E-state index is -3.11. The fourth-order valence-electron chi connectivity index (χ4n) is 2.95. The second-order valence-electron chi connectivity index (χ2n) is 8.03. The van der Waals surface area contributed by atoms with Gasteiger partial charge in [-0.1, -0.05) is 44.5 Å². The number of hydrogen-bond acceptors (Lipinski definition) is 4. The van der Waals surface area contributed by atoms with Crippen LogP contribution in [-0.4, -0.2) is 24.6 Å². The SMILES string of the molecule is CC(C)(C)c1cc(-c2cncc(-c3ccc(CS(C)(=O)=O)cc3Cl)c2)ccn1. The molecule has 1 aromatic carbocycles. The summed E-state index contributed by atoms with van der Waals surface area (Å²) in [5.74, 6) is -0.0299. The minimum Gasteiger partial charge on any atom is -0.263 e. The number of benzene rings is 1. The predicted octanol–water partition coefficient (Wildman–Crippen LogP) is 5.31. The first kappa shape index (κ1) is 20.5. The van der Waals surface area contributed by atoms with E-state index in [0.717, 1.165) is 27.9 Å². The van der Waals surface area contributed by atoms with Crippen molar-refractivity contribution in [2.24, 2.45) is 0 Å². The summed E-state index contributed by atoms with van der Waals surface area (Å²) in [6.07, 6.45) is 6.60. The van der Waals surface area contributed by atoms with E-state index in [1.807, 2.05) is 30.6 Å². The van der Waals surface area contributed by atoms with E-state index < -0.39 is 9.84 Å². The molecule has 28 heavy (non-hydrogen) atoms. The van der Waals surface area contributed by atoms with Crippen molar-refractivity contribution in [1.82, 2.24) is 9.97 Å². The zero-order chi connectivity index (χ0) is 20.5. The lowest BCUT2D eigenvalue weighted by molar-refractivity contribution is 0.569. The molecule has 0 bridgehead atoms. The molecule has 0 aliphatic rings. The van der Waals surface area contributed by atoms with Gasteiger partial charge in [-0.05, 0) is 35.4 Å². The van der Waals surface area contributed by atoms with Crippen LogP contribution in [0.4, 0.5) is 0 Å². The third-order valence-corrected chi connectivity index (χ3v) is 5.54. The fourth-order valence-corrected chi connectivity index (χ4v) is 4.05. The van der Waals surface area contributed by atoms with E-state index >= 15 is 0 Å². The van der Waals surface area contributed by atoms with Crippen LogP contribution in [0.2, 0.25) is 5.02 Å². The van der Waals surface area contributed by atoms with Crippen LogP contribution >= 0.6 is 11.6 Å². The number of rotatable bonds is 4. The predicted molar refractivity (Wildman–Crippen MR) is 115 cm³/mol. The average Bonchev–Trinajstić information content (AvgIpc) is 2.60. The molecule has 0 radical (unpaired) electrons. The Morgan fingerprint density at radius 2 is 1.68 bits per heavy atom. The maximum absolute atomic E-state index is 11.5. The molecule has 0 aliphatic heterocycles. The van der Waals surface area contributed by atoms with E-state index in [-0.39, 0.29) is 11.2 Å². The Morgan fingerprint density at radius 1 is 0.964 bits per heavy atom. The standard InChI is InChI=1S/C22H23ClN2O2S/c1-22(2,3)21-11-16(7-8-25-21)17-10-18(13-24-12-17)19-6-5-15(9-20(19)23)14-28(4,26)27/h5-13H,14H2,1-4H3. The van der Waals surface area contributed by atoms with Gasteiger partial charge in [0.15, 0.2) is 9.84 Å². The van der Waals surface area contributed by atoms with Crippen LogP contribution in [-0.2, 0) is 21.0 Å². The molecule has 0 aliphatic carbocycles. The summed E-state index contributed by atoms with van der Waals surface area (Å²) in [7, 11) is -3.11. The molecule has 2 heterocycles. The Hall–Kier alpha value is -2.24. The van der Waals surface area contributed by atoms with Crippen LogP contribution < -0.4 is 0 Å². The molecule has 0 fully saturated rings. The average molecular weight is 415 g/mol. The van der Waals surface area contributed by atoms with Crippen LogP contribution in [0.1, 0.15) is 32.0 Å². The van der Waals surface area contributed by atoms with E-state index in [1.165, 1.54) is 6.26 Å². The zero-order valence-corrected chi connectivity index (χ0v) is 18.0. The topological polar surface area (TPSA) is 59.9 Å². The second-order valence-corrected chi connectivity index (χ2v) is 10.6. The van der Waals surface area contributed by atoms with E-state index in [0.29, 0.717) is 10.6 Å². The lowest BCUT2D eigenvalue weighted by atomic mass is 9.90. The molecule has 0 N–H and O–H groups in total. The number of sulfone groups is 1. The maximum atomic E-state index is 11.5. The Kier molecular flexibility index (Phi) is 5.60. The molecular weight excluding hydrogens is 392 g/mol. The molecule has 3 rings (SSSR count). The Bertz CT molecular complexity index is 1120. The lowest BCUT2D eigenvalue weighted by Gasteiger charge is -2.18. The van der Waals surface area contributed by atoms with Gasteiger partial charge in [-0.2, -0.15) is 0 Å². The van der Waals surface area contributed by atoms with Gasteiger partial charge in [0.1, 0.15) is 0 Å². The summed E-state index contributed by atoms with van der Waals surface area (Å²) in [6.45, 7) is 6.39. The number of hydrogen-bond donors (Lipinski definition) is 0. The molecule has 2 aromatic heterocycles. The van der Waals surface area contributed by atoms with Crippen molar-refractivity contribution < 1.29 is 8.42 Å². The van der Waals surface area contributed by atoms with E-state index in [2.05, 4.69) is 36.8 Å². The van der Waals surface area contributed by atoms with Crippen LogP contribution in [0.3, 0.4) is 0 Å². The molecule has 146 valence electrons. The van der Waals surface area contributed by atoms with Crippen LogP contribution in [0, 0.1) is 0 Å². The van der Waals surface area contributed by atoms with Crippen LogP contribution in [0.25, 0.3) is 22.3 Å². The molecular formula is C22H23ClN2O2S. The highest BCUT2D eigenvalue weighted by Crippen LogP contribution is 2.32. The number of halogens is 1. The zero-order valence-electron chi connectivity index (χ0n) is 16.4. The van der Waals surface area contributed by atoms with Crippen molar-refractivity contribution in [1.29, 1.82) is 0 Å². The Balaban J connectivity index is 1.99. The fraction of sp³-hybridized carbons (Fsp3) is 0.273. The first-order chi connectivity index (χ1) is 13.0. The first-order valence-electron chi connectivity index (χ1n) is 8.91. The largest absolute Gasteiger partial charge is 0.263 e. The minimum absolute atomic E-state index is 0.0299. The van der Waals surface area contributed by atoms with Gasteiger partial charge >= 0.3 is 0 Å². The molecule has 0 saturated carbocycles. The normalized spacial score (nSPS) is 12.2. The van der Waals surface area contributed by atoms with Gasteiger partial charge in [0.25, 0.3) is 0 Å². The highest BCUT2D eigenvalue weighted by atomic mass is 35.5. The molecule has 6 heteroatoms. The van der Waals surface area contributed by atoms with Gasteiger partial charge in [0.2, 0.25) is 0 Å². The molecule has 0 spiro atoms.